The highest BCUT2D eigenvalue weighted by molar-refractivity contribution is 5.91. The normalized spacial score (nSPS) is 9.05. The number of carbonyl (C=O) groups is 2. The molecule has 0 atom stereocenters. The Morgan fingerprint density at radius 3 is 1.26 bits per heavy atom. The van der Waals surface area contributed by atoms with E-state index in [-0.39, 0.29) is 11.1 Å². The zero-order valence-electron chi connectivity index (χ0n) is 9.85. The highest BCUT2D eigenvalue weighted by Gasteiger charge is 2.04. The van der Waals surface area contributed by atoms with Crippen molar-refractivity contribution in [2.45, 2.75) is 0 Å². The van der Waals surface area contributed by atoms with Crippen LogP contribution in [0, 0.1) is 0 Å². The Labute approximate surface area is 109 Å². The third kappa shape index (κ3) is 4.91. The maximum Gasteiger partial charge on any atom is 0.335 e. The molecule has 5 nitrogen and oxygen atoms in total. The average molecular weight is 260 g/mol. The van der Waals surface area contributed by atoms with Crippen LogP contribution in [0.5, 0.6) is 5.75 Å². The predicted molar refractivity (Wildman–Crippen MR) is 68.5 cm³/mol. The van der Waals surface area contributed by atoms with Gasteiger partial charge in [0, 0.05) is 0 Å². The lowest BCUT2D eigenvalue weighted by atomic mass is 10.1. The van der Waals surface area contributed by atoms with Gasteiger partial charge in [0.05, 0.1) is 11.1 Å². The zero-order valence-corrected chi connectivity index (χ0v) is 9.85. The first-order chi connectivity index (χ1) is 9.00. The van der Waals surface area contributed by atoms with Gasteiger partial charge in [-0.05, 0) is 36.4 Å². The average Bonchev–Trinajstić information content (AvgIpc) is 2.40. The van der Waals surface area contributed by atoms with E-state index in [1.54, 1.807) is 24.3 Å². The van der Waals surface area contributed by atoms with E-state index in [0.29, 0.717) is 5.75 Å². The van der Waals surface area contributed by atoms with E-state index in [9.17, 15) is 9.59 Å². The smallest absolute Gasteiger partial charge is 0.335 e. The summed E-state index contributed by atoms with van der Waals surface area (Å²) >= 11 is 0. The van der Waals surface area contributed by atoms with Gasteiger partial charge in [0.1, 0.15) is 5.75 Å². The van der Waals surface area contributed by atoms with Crippen LogP contribution in [0.2, 0.25) is 0 Å². The van der Waals surface area contributed by atoms with Crippen molar-refractivity contribution in [2.24, 2.45) is 0 Å². The predicted octanol–water partition coefficient (Wildman–Crippen LogP) is 2.48. The Morgan fingerprint density at radius 2 is 1.05 bits per heavy atom. The van der Waals surface area contributed by atoms with E-state index in [4.69, 9.17) is 15.3 Å². The highest BCUT2D eigenvalue weighted by atomic mass is 16.4. The number of hydrogen-bond donors (Lipinski definition) is 3. The standard InChI is InChI=1S/C8H6O4.C6H6O/c9-7(10)5-1-2-6(4-3-5)8(11)12;7-6-4-2-1-3-5-6/h1-4H,(H,9,10)(H,11,12);1-5,7H. The molecular weight excluding hydrogens is 248 g/mol. The van der Waals surface area contributed by atoms with E-state index in [1.807, 2.05) is 6.07 Å². The molecule has 0 spiro atoms. The number of carboxylic acid groups (broad SMARTS) is 2. The van der Waals surface area contributed by atoms with Crippen LogP contribution in [-0.4, -0.2) is 27.3 Å². The number of carboxylic acids is 2. The summed E-state index contributed by atoms with van der Waals surface area (Å²) in [6.45, 7) is 0. The summed E-state index contributed by atoms with van der Waals surface area (Å²) in [6.07, 6.45) is 0. The molecule has 0 saturated carbocycles. The minimum Gasteiger partial charge on any atom is -0.508 e. The first-order valence-electron chi connectivity index (χ1n) is 5.31. The minimum absolute atomic E-state index is 0.0833. The first kappa shape index (κ1) is 14.2. The number of phenolic OH excluding ortho intramolecular Hbond substituents is 1. The fourth-order valence-corrected chi connectivity index (χ4v) is 1.18. The molecule has 98 valence electrons. The topological polar surface area (TPSA) is 94.8 Å². The monoisotopic (exact) mass is 260 g/mol. The van der Waals surface area contributed by atoms with Crippen molar-refractivity contribution in [3.63, 3.8) is 0 Å². The fourth-order valence-electron chi connectivity index (χ4n) is 1.18. The zero-order chi connectivity index (χ0) is 14.3. The van der Waals surface area contributed by atoms with E-state index in [0.717, 1.165) is 0 Å². The second kappa shape index (κ2) is 6.80. The van der Waals surface area contributed by atoms with Crippen LogP contribution in [0.25, 0.3) is 0 Å². The van der Waals surface area contributed by atoms with E-state index < -0.39 is 11.9 Å². The Bertz CT molecular complexity index is 513. The highest BCUT2D eigenvalue weighted by Crippen LogP contribution is 2.04. The lowest BCUT2D eigenvalue weighted by Crippen LogP contribution is -1.99. The van der Waals surface area contributed by atoms with Crippen molar-refractivity contribution in [1.29, 1.82) is 0 Å². The van der Waals surface area contributed by atoms with Gasteiger partial charge in [-0.1, -0.05) is 18.2 Å². The first-order valence-corrected chi connectivity index (χ1v) is 5.31. The summed E-state index contributed by atoms with van der Waals surface area (Å²) in [4.78, 5) is 20.7. The Balaban J connectivity index is 0.000000218. The van der Waals surface area contributed by atoms with Crippen LogP contribution < -0.4 is 0 Å². The van der Waals surface area contributed by atoms with Crippen molar-refractivity contribution < 1.29 is 24.9 Å². The van der Waals surface area contributed by atoms with E-state index in [2.05, 4.69) is 0 Å². The quantitative estimate of drug-likeness (QED) is 0.771. The second-order valence-corrected chi connectivity index (χ2v) is 3.52. The molecule has 0 aliphatic carbocycles. The number of benzene rings is 2. The molecule has 0 amide bonds. The van der Waals surface area contributed by atoms with Gasteiger partial charge < -0.3 is 15.3 Å². The van der Waals surface area contributed by atoms with Crippen molar-refractivity contribution in [3.05, 3.63) is 65.7 Å². The van der Waals surface area contributed by atoms with Gasteiger partial charge in [-0.25, -0.2) is 9.59 Å². The SMILES string of the molecule is O=C(O)c1ccc(C(=O)O)cc1.Oc1ccccc1. The number of rotatable bonds is 2. The lowest BCUT2D eigenvalue weighted by molar-refractivity contribution is 0.0681. The Morgan fingerprint density at radius 1 is 0.684 bits per heavy atom. The summed E-state index contributed by atoms with van der Waals surface area (Å²) in [5, 5.41) is 25.6. The molecular formula is C14H12O5. The maximum atomic E-state index is 10.3. The number of para-hydroxylation sites is 1. The van der Waals surface area contributed by atoms with Crippen molar-refractivity contribution in [1.82, 2.24) is 0 Å². The molecule has 0 heterocycles. The van der Waals surface area contributed by atoms with Crippen LogP contribution in [0.1, 0.15) is 20.7 Å². The van der Waals surface area contributed by atoms with Gasteiger partial charge in [0.2, 0.25) is 0 Å². The van der Waals surface area contributed by atoms with Gasteiger partial charge in [-0.3, -0.25) is 0 Å². The third-order valence-electron chi connectivity index (χ3n) is 2.13. The van der Waals surface area contributed by atoms with Crippen molar-refractivity contribution >= 4 is 11.9 Å². The van der Waals surface area contributed by atoms with Crippen molar-refractivity contribution in [2.75, 3.05) is 0 Å². The molecule has 0 aliphatic heterocycles. The van der Waals surface area contributed by atoms with Crippen LogP contribution in [0.3, 0.4) is 0 Å². The molecule has 0 radical (unpaired) electrons. The largest absolute Gasteiger partial charge is 0.508 e. The molecule has 0 fully saturated rings. The molecule has 0 bridgehead atoms. The molecule has 0 unspecified atom stereocenters. The van der Waals surface area contributed by atoms with Gasteiger partial charge in [-0.2, -0.15) is 0 Å². The summed E-state index contributed by atoms with van der Waals surface area (Å²) < 4.78 is 0. The number of aromatic hydroxyl groups is 1. The molecule has 3 N–H and O–H groups in total. The molecule has 19 heavy (non-hydrogen) atoms. The van der Waals surface area contributed by atoms with E-state index in [1.165, 1.54) is 24.3 Å². The van der Waals surface area contributed by atoms with Crippen LogP contribution in [-0.2, 0) is 0 Å². The Hall–Kier alpha value is -2.82. The summed E-state index contributed by atoms with van der Waals surface area (Å²) in [6, 6.07) is 13.7. The van der Waals surface area contributed by atoms with Crippen LogP contribution in [0.4, 0.5) is 0 Å². The van der Waals surface area contributed by atoms with Gasteiger partial charge >= 0.3 is 11.9 Å². The second-order valence-electron chi connectivity index (χ2n) is 3.52. The number of aromatic carboxylic acids is 2. The van der Waals surface area contributed by atoms with Gasteiger partial charge in [0.25, 0.3) is 0 Å². The number of phenols is 1. The molecule has 2 rings (SSSR count). The fraction of sp³-hybridized carbons (Fsp3) is 0. The molecule has 0 aliphatic rings. The Kier molecular flexibility index (Phi) is 5.10. The molecule has 0 aromatic heterocycles. The maximum absolute atomic E-state index is 10.3. The molecule has 5 heteroatoms. The third-order valence-corrected chi connectivity index (χ3v) is 2.13. The number of hydrogen-bond acceptors (Lipinski definition) is 3. The summed E-state index contributed by atoms with van der Waals surface area (Å²) in [5.41, 5.74) is 0.167. The van der Waals surface area contributed by atoms with Crippen LogP contribution >= 0.6 is 0 Å². The van der Waals surface area contributed by atoms with Gasteiger partial charge in [-0.15, -0.1) is 0 Å². The lowest BCUT2D eigenvalue weighted by Gasteiger charge is -1.94. The molecule has 0 saturated heterocycles. The minimum atomic E-state index is -1.06. The summed E-state index contributed by atoms with van der Waals surface area (Å²) in [5.74, 6) is -1.80. The van der Waals surface area contributed by atoms with Crippen molar-refractivity contribution in [3.8, 4) is 5.75 Å². The summed E-state index contributed by atoms with van der Waals surface area (Å²) in [7, 11) is 0. The molecule has 2 aromatic carbocycles. The molecule has 2 aromatic rings. The van der Waals surface area contributed by atoms with Crippen LogP contribution in [0.15, 0.2) is 54.6 Å². The van der Waals surface area contributed by atoms with E-state index >= 15 is 0 Å². The van der Waals surface area contributed by atoms with Gasteiger partial charge in [0.15, 0.2) is 0 Å².